The Labute approximate surface area is 111 Å². The number of sulfonamides is 1. The van der Waals surface area contributed by atoms with E-state index in [1.54, 1.807) is 11.4 Å². The number of unbranched alkanes of at least 4 members (excludes halogenated alkanes) is 1. The fourth-order valence-electron chi connectivity index (χ4n) is 2.36. The highest BCUT2D eigenvalue weighted by atomic mass is 35.5. The molecular weight excluding hydrogens is 258 g/mol. The Balaban J connectivity index is 2.47. The molecule has 0 aromatic carbocycles. The molecule has 102 valence electrons. The minimum Gasteiger partial charge on any atom is -0.212 e. The number of rotatable bonds is 6. The maximum Gasteiger partial charge on any atom is 0.214 e. The zero-order chi connectivity index (χ0) is 12.9. The number of alkyl halides is 1. The van der Waals surface area contributed by atoms with E-state index in [9.17, 15) is 8.42 Å². The highest BCUT2D eigenvalue weighted by molar-refractivity contribution is 7.89. The van der Waals surface area contributed by atoms with E-state index in [-0.39, 0.29) is 11.8 Å². The van der Waals surface area contributed by atoms with Crippen LogP contribution in [-0.4, -0.2) is 37.4 Å². The molecule has 17 heavy (non-hydrogen) atoms. The molecule has 3 nitrogen and oxygen atoms in total. The van der Waals surface area contributed by atoms with Crippen LogP contribution in [0.1, 0.15) is 45.4 Å². The van der Waals surface area contributed by atoms with Crippen LogP contribution < -0.4 is 0 Å². The van der Waals surface area contributed by atoms with Crippen molar-refractivity contribution in [3.05, 3.63) is 0 Å². The summed E-state index contributed by atoms with van der Waals surface area (Å²) < 4.78 is 25.7. The molecule has 1 aliphatic rings. The first kappa shape index (κ1) is 15.3. The van der Waals surface area contributed by atoms with E-state index in [1.807, 2.05) is 0 Å². The fourth-order valence-corrected chi connectivity index (χ4v) is 4.07. The molecule has 5 heteroatoms. The summed E-state index contributed by atoms with van der Waals surface area (Å²) in [5, 5.41) is 0. The maximum absolute atomic E-state index is 12.1. The van der Waals surface area contributed by atoms with E-state index in [0.717, 1.165) is 38.0 Å². The van der Waals surface area contributed by atoms with Crippen LogP contribution in [0.4, 0.5) is 0 Å². The highest BCUT2D eigenvalue weighted by Crippen LogP contribution is 2.27. The van der Waals surface area contributed by atoms with Gasteiger partial charge in [0.1, 0.15) is 0 Å². The van der Waals surface area contributed by atoms with Crippen molar-refractivity contribution >= 4 is 21.6 Å². The van der Waals surface area contributed by atoms with Crippen molar-refractivity contribution in [1.29, 1.82) is 0 Å². The summed E-state index contributed by atoms with van der Waals surface area (Å²) in [4.78, 5) is 0. The average Bonchev–Trinajstić information content (AvgIpc) is 2.29. The standard InChI is InChI=1S/C12H24ClNO2S/c1-11-5-7-12(8-6-11)14(2)17(15,16)10-4-3-9-13/h11-12H,3-10H2,1-2H3. The first-order chi connectivity index (χ1) is 7.97. The van der Waals surface area contributed by atoms with Gasteiger partial charge in [-0.25, -0.2) is 12.7 Å². The monoisotopic (exact) mass is 281 g/mol. The first-order valence-electron chi connectivity index (χ1n) is 6.49. The Morgan fingerprint density at radius 3 is 2.29 bits per heavy atom. The Morgan fingerprint density at radius 2 is 1.76 bits per heavy atom. The molecule has 0 spiro atoms. The Morgan fingerprint density at radius 1 is 1.18 bits per heavy atom. The second kappa shape index (κ2) is 6.95. The van der Waals surface area contributed by atoms with Crippen LogP contribution in [0.5, 0.6) is 0 Å². The van der Waals surface area contributed by atoms with Crippen molar-refractivity contribution in [1.82, 2.24) is 4.31 Å². The largest absolute Gasteiger partial charge is 0.214 e. The summed E-state index contributed by atoms with van der Waals surface area (Å²) in [7, 11) is -1.34. The third-order valence-corrected chi connectivity index (χ3v) is 5.97. The van der Waals surface area contributed by atoms with Gasteiger partial charge in [-0.05, 0) is 44.4 Å². The van der Waals surface area contributed by atoms with Gasteiger partial charge in [0, 0.05) is 19.0 Å². The molecule has 0 atom stereocenters. The molecule has 0 unspecified atom stereocenters. The molecule has 0 aromatic heterocycles. The number of hydrogen-bond donors (Lipinski definition) is 0. The Kier molecular flexibility index (Phi) is 6.24. The summed E-state index contributed by atoms with van der Waals surface area (Å²) in [5.74, 6) is 1.53. The van der Waals surface area contributed by atoms with E-state index in [0.29, 0.717) is 12.3 Å². The van der Waals surface area contributed by atoms with Crippen molar-refractivity contribution in [3.63, 3.8) is 0 Å². The molecule has 1 saturated carbocycles. The van der Waals surface area contributed by atoms with Crippen molar-refractivity contribution in [2.75, 3.05) is 18.7 Å². The van der Waals surface area contributed by atoms with Gasteiger partial charge in [-0.15, -0.1) is 11.6 Å². The van der Waals surface area contributed by atoms with Crippen molar-refractivity contribution < 1.29 is 8.42 Å². The van der Waals surface area contributed by atoms with Gasteiger partial charge in [-0.1, -0.05) is 6.92 Å². The van der Waals surface area contributed by atoms with Gasteiger partial charge in [0.25, 0.3) is 0 Å². The first-order valence-corrected chi connectivity index (χ1v) is 8.63. The second-order valence-corrected chi connectivity index (χ2v) is 7.67. The minimum atomic E-state index is -3.07. The summed E-state index contributed by atoms with van der Waals surface area (Å²) in [6, 6.07) is 0.215. The highest BCUT2D eigenvalue weighted by Gasteiger charge is 2.28. The predicted octanol–water partition coefficient (Wildman–Crippen LogP) is 2.85. The van der Waals surface area contributed by atoms with E-state index < -0.39 is 10.0 Å². The lowest BCUT2D eigenvalue weighted by atomic mass is 9.87. The van der Waals surface area contributed by atoms with Crippen LogP contribution in [0.2, 0.25) is 0 Å². The van der Waals surface area contributed by atoms with Gasteiger partial charge in [-0.3, -0.25) is 0 Å². The van der Waals surface area contributed by atoms with Crippen LogP contribution in [0, 0.1) is 5.92 Å². The van der Waals surface area contributed by atoms with Crippen LogP contribution in [0.3, 0.4) is 0 Å². The molecule has 0 bridgehead atoms. The van der Waals surface area contributed by atoms with E-state index >= 15 is 0 Å². The molecule has 0 aliphatic heterocycles. The minimum absolute atomic E-state index is 0.215. The van der Waals surface area contributed by atoms with Gasteiger partial charge < -0.3 is 0 Å². The molecule has 1 fully saturated rings. The quantitative estimate of drug-likeness (QED) is 0.555. The SMILES string of the molecule is CC1CCC(N(C)S(=O)(=O)CCCCCl)CC1. The van der Waals surface area contributed by atoms with Crippen LogP contribution in [-0.2, 0) is 10.0 Å². The zero-order valence-electron chi connectivity index (χ0n) is 10.9. The Bertz CT molecular complexity index is 310. The number of nitrogens with zero attached hydrogens (tertiary/aromatic N) is 1. The lowest BCUT2D eigenvalue weighted by Gasteiger charge is -2.32. The molecule has 0 amide bonds. The summed E-state index contributed by atoms with van der Waals surface area (Å²) in [6.07, 6.45) is 5.74. The number of hydrogen-bond acceptors (Lipinski definition) is 2. The van der Waals surface area contributed by atoms with E-state index in [2.05, 4.69) is 6.92 Å². The van der Waals surface area contributed by atoms with E-state index in [4.69, 9.17) is 11.6 Å². The smallest absolute Gasteiger partial charge is 0.212 e. The average molecular weight is 282 g/mol. The normalized spacial score (nSPS) is 26.4. The lowest BCUT2D eigenvalue weighted by molar-refractivity contribution is 0.246. The van der Waals surface area contributed by atoms with Crippen molar-refractivity contribution in [2.24, 2.45) is 5.92 Å². The zero-order valence-corrected chi connectivity index (χ0v) is 12.4. The topological polar surface area (TPSA) is 37.4 Å². The van der Waals surface area contributed by atoms with Gasteiger partial charge >= 0.3 is 0 Å². The molecule has 0 N–H and O–H groups in total. The molecule has 0 saturated heterocycles. The predicted molar refractivity (Wildman–Crippen MR) is 72.9 cm³/mol. The summed E-state index contributed by atoms with van der Waals surface area (Å²) in [5.41, 5.74) is 0. The van der Waals surface area contributed by atoms with Crippen molar-refractivity contribution in [2.45, 2.75) is 51.5 Å². The third kappa shape index (κ3) is 4.76. The second-order valence-electron chi connectivity index (χ2n) is 5.14. The third-order valence-electron chi connectivity index (χ3n) is 3.72. The number of halogens is 1. The van der Waals surface area contributed by atoms with Gasteiger partial charge in [0.15, 0.2) is 0 Å². The van der Waals surface area contributed by atoms with Crippen LogP contribution >= 0.6 is 11.6 Å². The lowest BCUT2D eigenvalue weighted by Crippen LogP contribution is -2.40. The molecule has 0 heterocycles. The van der Waals surface area contributed by atoms with Crippen LogP contribution in [0.15, 0.2) is 0 Å². The Hall–Kier alpha value is 0.200. The molecule has 0 radical (unpaired) electrons. The maximum atomic E-state index is 12.1. The molecule has 1 aliphatic carbocycles. The molecule has 1 rings (SSSR count). The van der Waals surface area contributed by atoms with Crippen molar-refractivity contribution in [3.8, 4) is 0 Å². The van der Waals surface area contributed by atoms with Gasteiger partial charge in [0.05, 0.1) is 5.75 Å². The summed E-state index contributed by atoms with van der Waals surface area (Å²) in [6.45, 7) is 2.24. The fraction of sp³-hybridized carbons (Fsp3) is 1.00. The van der Waals surface area contributed by atoms with Crippen LogP contribution in [0.25, 0.3) is 0 Å². The molecular formula is C12H24ClNO2S. The van der Waals surface area contributed by atoms with Gasteiger partial charge in [-0.2, -0.15) is 0 Å². The van der Waals surface area contributed by atoms with Gasteiger partial charge in [0.2, 0.25) is 10.0 Å². The summed E-state index contributed by atoms with van der Waals surface area (Å²) >= 11 is 5.57. The molecule has 0 aromatic rings. The van der Waals surface area contributed by atoms with E-state index in [1.165, 1.54) is 0 Å².